The lowest BCUT2D eigenvalue weighted by Crippen LogP contribution is -2.38. The monoisotopic (exact) mass is 338 g/mol. The highest BCUT2D eigenvalue weighted by Gasteiger charge is 2.44. The van der Waals surface area contributed by atoms with E-state index in [1.54, 1.807) is 12.1 Å². The van der Waals surface area contributed by atoms with Crippen LogP contribution in [0.5, 0.6) is 0 Å². The van der Waals surface area contributed by atoms with Gasteiger partial charge in [0.25, 0.3) is 0 Å². The summed E-state index contributed by atoms with van der Waals surface area (Å²) in [4.78, 5) is 14.7. The molecular formula is C21H23FN2O. The second-order valence-electron chi connectivity index (χ2n) is 7.06. The number of nitrogens with zero attached hydrogens (tertiary/aromatic N) is 1. The van der Waals surface area contributed by atoms with Gasteiger partial charge in [0.2, 0.25) is 5.91 Å². The van der Waals surface area contributed by atoms with E-state index in [0.29, 0.717) is 12.1 Å². The van der Waals surface area contributed by atoms with Crippen molar-refractivity contribution in [3.63, 3.8) is 0 Å². The van der Waals surface area contributed by atoms with Crippen LogP contribution in [0.25, 0.3) is 0 Å². The molecule has 3 nitrogen and oxygen atoms in total. The van der Waals surface area contributed by atoms with E-state index < -0.39 is 0 Å². The van der Waals surface area contributed by atoms with E-state index in [1.807, 2.05) is 6.07 Å². The van der Waals surface area contributed by atoms with Crippen molar-refractivity contribution in [2.24, 2.45) is 5.92 Å². The maximum absolute atomic E-state index is 13.8. The third-order valence-corrected chi connectivity index (χ3v) is 5.37. The van der Waals surface area contributed by atoms with Crippen LogP contribution in [0.2, 0.25) is 0 Å². The van der Waals surface area contributed by atoms with Gasteiger partial charge in [0.05, 0.1) is 0 Å². The summed E-state index contributed by atoms with van der Waals surface area (Å²) in [5, 5.41) is 3.03. The predicted octanol–water partition coefficient (Wildman–Crippen LogP) is 3.10. The van der Waals surface area contributed by atoms with Gasteiger partial charge in [-0.2, -0.15) is 0 Å². The summed E-state index contributed by atoms with van der Waals surface area (Å²) in [5.74, 6) is -0.164. The molecule has 0 aromatic heterocycles. The summed E-state index contributed by atoms with van der Waals surface area (Å²) in [5.41, 5.74) is 3.51. The maximum atomic E-state index is 13.8. The Morgan fingerprint density at radius 3 is 2.72 bits per heavy atom. The van der Waals surface area contributed by atoms with Gasteiger partial charge in [-0.15, -0.1) is 0 Å². The summed E-state index contributed by atoms with van der Waals surface area (Å²) in [6.07, 6.45) is 1.83. The standard InChI is InChI=1S/C21H23FN2O/c22-20-8-4-3-7-17(20)18-13-19(18)21(25)23-10-12-24-11-9-15-5-1-2-6-16(15)14-24/h1-8,18-19H,9-14H2,(H,23,25). The average Bonchev–Trinajstić information content (AvgIpc) is 3.42. The number of halogens is 1. The minimum Gasteiger partial charge on any atom is -0.355 e. The normalized spacial score (nSPS) is 22.3. The molecule has 0 radical (unpaired) electrons. The first-order valence-corrected chi connectivity index (χ1v) is 9.03. The molecule has 1 aliphatic heterocycles. The molecule has 1 aliphatic carbocycles. The van der Waals surface area contributed by atoms with Crippen LogP contribution in [-0.4, -0.2) is 30.4 Å². The Labute approximate surface area is 147 Å². The zero-order valence-electron chi connectivity index (χ0n) is 14.2. The topological polar surface area (TPSA) is 32.3 Å². The molecule has 130 valence electrons. The van der Waals surface area contributed by atoms with Gasteiger partial charge in [0, 0.05) is 32.1 Å². The first-order valence-electron chi connectivity index (χ1n) is 9.03. The van der Waals surface area contributed by atoms with Crippen LogP contribution in [0.4, 0.5) is 4.39 Å². The average molecular weight is 338 g/mol. The molecular weight excluding hydrogens is 315 g/mol. The van der Waals surface area contributed by atoms with Crippen LogP contribution in [0.1, 0.15) is 29.0 Å². The van der Waals surface area contributed by atoms with Crippen molar-refractivity contribution in [2.75, 3.05) is 19.6 Å². The molecule has 0 saturated heterocycles. The van der Waals surface area contributed by atoms with Crippen molar-refractivity contribution in [1.82, 2.24) is 10.2 Å². The molecule has 1 N–H and O–H groups in total. The number of benzene rings is 2. The van der Waals surface area contributed by atoms with Gasteiger partial charge < -0.3 is 5.32 Å². The lowest BCUT2D eigenvalue weighted by molar-refractivity contribution is -0.122. The molecule has 1 saturated carbocycles. The van der Waals surface area contributed by atoms with Crippen LogP contribution in [0.3, 0.4) is 0 Å². The van der Waals surface area contributed by atoms with Crippen LogP contribution < -0.4 is 5.32 Å². The maximum Gasteiger partial charge on any atom is 0.223 e. The lowest BCUT2D eigenvalue weighted by Gasteiger charge is -2.28. The third-order valence-electron chi connectivity index (χ3n) is 5.37. The van der Waals surface area contributed by atoms with E-state index in [-0.39, 0.29) is 23.6 Å². The molecule has 2 aromatic carbocycles. The highest BCUT2D eigenvalue weighted by atomic mass is 19.1. The van der Waals surface area contributed by atoms with E-state index in [0.717, 1.165) is 32.5 Å². The lowest BCUT2D eigenvalue weighted by atomic mass is 10.00. The van der Waals surface area contributed by atoms with Gasteiger partial charge in [-0.1, -0.05) is 42.5 Å². The molecule has 25 heavy (non-hydrogen) atoms. The number of amides is 1. The molecule has 0 bridgehead atoms. The fourth-order valence-electron chi connectivity index (χ4n) is 3.82. The number of hydrogen-bond donors (Lipinski definition) is 1. The molecule has 1 heterocycles. The minimum atomic E-state index is -0.199. The zero-order valence-corrected chi connectivity index (χ0v) is 14.2. The number of fused-ring (bicyclic) bond motifs is 1. The van der Waals surface area contributed by atoms with Crippen LogP contribution >= 0.6 is 0 Å². The number of carbonyl (C=O) groups is 1. The Kier molecular flexibility index (Phi) is 4.53. The van der Waals surface area contributed by atoms with Crippen LogP contribution in [-0.2, 0) is 17.8 Å². The zero-order chi connectivity index (χ0) is 17.2. The van der Waals surface area contributed by atoms with Crippen molar-refractivity contribution >= 4 is 5.91 Å². The van der Waals surface area contributed by atoms with Crippen LogP contribution in [0.15, 0.2) is 48.5 Å². The van der Waals surface area contributed by atoms with Crippen molar-refractivity contribution < 1.29 is 9.18 Å². The van der Waals surface area contributed by atoms with Gasteiger partial charge >= 0.3 is 0 Å². The Morgan fingerprint density at radius 2 is 1.88 bits per heavy atom. The van der Waals surface area contributed by atoms with Gasteiger partial charge in [-0.05, 0) is 41.5 Å². The smallest absolute Gasteiger partial charge is 0.223 e. The summed E-state index contributed by atoms with van der Waals surface area (Å²) in [7, 11) is 0. The molecule has 2 unspecified atom stereocenters. The minimum absolute atomic E-state index is 0.0445. The van der Waals surface area contributed by atoms with E-state index >= 15 is 0 Å². The number of carbonyl (C=O) groups excluding carboxylic acids is 1. The quantitative estimate of drug-likeness (QED) is 0.909. The Bertz CT molecular complexity index is 776. The van der Waals surface area contributed by atoms with Crippen molar-refractivity contribution in [3.8, 4) is 0 Å². The third kappa shape index (κ3) is 3.59. The first kappa shape index (κ1) is 16.3. The number of hydrogen-bond acceptors (Lipinski definition) is 2. The molecule has 2 aliphatic rings. The summed E-state index contributed by atoms with van der Waals surface area (Å²) >= 11 is 0. The largest absolute Gasteiger partial charge is 0.355 e. The molecule has 0 spiro atoms. The van der Waals surface area contributed by atoms with Gasteiger partial charge in [0.1, 0.15) is 5.82 Å². The number of nitrogens with one attached hydrogen (secondary N) is 1. The van der Waals surface area contributed by atoms with Crippen molar-refractivity contribution in [2.45, 2.75) is 25.3 Å². The molecule has 1 fully saturated rings. The fourth-order valence-corrected chi connectivity index (χ4v) is 3.82. The molecule has 4 heteroatoms. The fraction of sp³-hybridized carbons (Fsp3) is 0.381. The van der Waals surface area contributed by atoms with E-state index in [2.05, 4.69) is 34.5 Å². The first-order chi connectivity index (χ1) is 12.2. The number of rotatable bonds is 5. The summed E-state index contributed by atoms with van der Waals surface area (Å²) in [6, 6.07) is 15.3. The van der Waals surface area contributed by atoms with E-state index in [9.17, 15) is 9.18 Å². The molecule has 2 aromatic rings. The summed E-state index contributed by atoms with van der Waals surface area (Å²) < 4.78 is 13.8. The van der Waals surface area contributed by atoms with E-state index in [4.69, 9.17) is 0 Å². The Balaban J connectivity index is 1.24. The van der Waals surface area contributed by atoms with E-state index in [1.165, 1.54) is 17.2 Å². The summed E-state index contributed by atoms with van der Waals surface area (Å²) in [6.45, 7) is 3.50. The second-order valence-corrected chi connectivity index (χ2v) is 7.06. The highest BCUT2D eigenvalue weighted by molar-refractivity contribution is 5.82. The molecule has 2 atom stereocenters. The SMILES string of the molecule is O=C(NCCN1CCc2ccccc2C1)C1CC1c1ccccc1F. The van der Waals surface area contributed by atoms with Crippen molar-refractivity contribution in [3.05, 3.63) is 71.0 Å². The van der Waals surface area contributed by atoms with Gasteiger partial charge in [-0.25, -0.2) is 4.39 Å². The Morgan fingerprint density at radius 1 is 1.12 bits per heavy atom. The van der Waals surface area contributed by atoms with Gasteiger partial charge in [-0.3, -0.25) is 9.69 Å². The molecule has 4 rings (SSSR count). The van der Waals surface area contributed by atoms with Crippen molar-refractivity contribution in [1.29, 1.82) is 0 Å². The van der Waals surface area contributed by atoms with Crippen LogP contribution in [0, 0.1) is 11.7 Å². The Hall–Kier alpha value is -2.20. The second kappa shape index (κ2) is 6.96. The molecule has 1 amide bonds. The predicted molar refractivity (Wildman–Crippen MR) is 95.7 cm³/mol. The highest BCUT2D eigenvalue weighted by Crippen LogP contribution is 2.48. The van der Waals surface area contributed by atoms with Gasteiger partial charge in [0.15, 0.2) is 0 Å².